The summed E-state index contributed by atoms with van der Waals surface area (Å²) in [7, 11) is 0. The van der Waals surface area contributed by atoms with Crippen molar-refractivity contribution in [2.24, 2.45) is 0 Å². The van der Waals surface area contributed by atoms with E-state index in [1.165, 1.54) is 23.9 Å². The third kappa shape index (κ3) is 3.53. The van der Waals surface area contributed by atoms with Gasteiger partial charge in [-0.1, -0.05) is 60.4 Å². The number of aromatic nitrogens is 1. The van der Waals surface area contributed by atoms with Crippen LogP contribution in [0, 0.1) is 5.82 Å². The standard InChI is InChI=1S/C22H17FN2OS2/c1-2-11-25-21(26)20(28-22(25)27)12-16-14-24(19-6-4-3-5-18(16)19)13-15-7-9-17(23)10-8-15/h2-10,12,14H,1,11,13H2/b20-12+. The van der Waals surface area contributed by atoms with Crippen LogP contribution in [0.3, 0.4) is 0 Å². The van der Waals surface area contributed by atoms with Crippen molar-refractivity contribution in [2.45, 2.75) is 6.54 Å². The molecule has 1 aromatic heterocycles. The molecule has 3 aromatic rings. The third-order valence-electron chi connectivity index (χ3n) is 4.56. The Morgan fingerprint density at radius 2 is 1.89 bits per heavy atom. The number of carbonyl (C=O) groups is 1. The molecule has 0 atom stereocenters. The largest absolute Gasteiger partial charge is 0.342 e. The second-order valence-corrected chi connectivity index (χ2v) is 8.11. The second-order valence-electron chi connectivity index (χ2n) is 6.44. The van der Waals surface area contributed by atoms with Gasteiger partial charge in [-0.2, -0.15) is 0 Å². The number of thiocarbonyl (C=S) groups is 1. The van der Waals surface area contributed by atoms with Gasteiger partial charge < -0.3 is 4.57 Å². The van der Waals surface area contributed by atoms with Gasteiger partial charge in [0.2, 0.25) is 0 Å². The first-order valence-corrected chi connectivity index (χ1v) is 9.98. The normalized spacial score (nSPS) is 15.8. The van der Waals surface area contributed by atoms with Gasteiger partial charge in [0, 0.05) is 35.8 Å². The summed E-state index contributed by atoms with van der Waals surface area (Å²) >= 11 is 6.63. The van der Waals surface area contributed by atoms with Crippen molar-refractivity contribution in [2.75, 3.05) is 6.54 Å². The number of hydrogen-bond acceptors (Lipinski definition) is 3. The monoisotopic (exact) mass is 408 g/mol. The van der Waals surface area contributed by atoms with Gasteiger partial charge in [-0.05, 0) is 29.8 Å². The maximum atomic E-state index is 13.2. The van der Waals surface area contributed by atoms with E-state index in [1.807, 2.05) is 36.5 Å². The first-order chi connectivity index (χ1) is 13.6. The van der Waals surface area contributed by atoms with E-state index in [-0.39, 0.29) is 11.7 Å². The Morgan fingerprint density at radius 1 is 1.14 bits per heavy atom. The molecule has 2 heterocycles. The Bertz CT molecular complexity index is 1120. The van der Waals surface area contributed by atoms with E-state index in [4.69, 9.17) is 12.2 Å². The van der Waals surface area contributed by atoms with Gasteiger partial charge >= 0.3 is 0 Å². The molecule has 0 aliphatic carbocycles. The summed E-state index contributed by atoms with van der Waals surface area (Å²) in [6, 6.07) is 14.5. The number of thioether (sulfide) groups is 1. The first kappa shape index (κ1) is 18.7. The number of carbonyl (C=O) groups excluding carboxylic acids is 1. The van der Waals surface area contributed by atoms with Crippen LogP contribution in [0.15, 0.2) is 72.3 Å². The van der Waals surface area contributed by atoms with Gasteiger partial charge in [0.05, 0.1) is 4.91 Å². The molecule has 1 amide bonds. The maximum absolute atomic E-state index is 13.2. The smallest absolute Gasteiger partial charge is 0.266 e. The van der Waals surface area contributed by atoms with Gasteiger partial charge in [0.25, 0.3) is 5.91 Å². The molecule has 0 bridgehead atoms. The minimum atomic E-state index is -0.247. The first-order valence-electron chi connectivity index (χ1n) is 8.75. The SMILES string of the molecule is C=CCN1C(=O)/C(=C\c2cn(Cc3ccc(F)cc3)c3ccccc23)SC1=S. The number of amides is 1. The molecule has 2 aromatic carbocycles. The zero-order valence-electron chi connectivity index (χ0n) is 15.0. The highest BCUT2D eigenvalue weighted by Gasteiger charge is 2.31. The molecule has 140 valence electrons. The van der Waals surface area contributed by atoms with E-state index in [1.54, 1.807) is 23.1 Å². The molecule has 1 saturated heterocycles. The Hall–Kier alpha value is -2.70. The predicted octanol–water partition coefficient (Wildman–Crippen LogP) is 5.22. The van der Waals surface area contributed by atoms with Crippen LogP contribution < -0.4 is 0 Å². The van der Waals surface area contributed by atoms with E-state index < -0.39 is 0 Å². The van der Waals surface area contributed by atoms with Crippen molar-refractivity contribution in [3.05, 3.63) is 89.2 Å². The minimum Gasteiger partial charge on any atom is -0.342 e. The zero-order chi connectivity index (χ0) is 19.7. The number of halogens is 1. The Labute approximate surface area is 172 Å². The van der Waals surface area contributed by atoms with Crippen molar-refractivity contribution in [1.29, 1.82) is 0 Å². The van der Waals surface area contributed by atoms with Crippen LogP contribution in [0.5, 0.6) is 0 Å². The maximum Gasteiger partial charge on any atom is 0.266 e. The molecule has 1 fully saturated rings. The van der Waals surface area contributed by atoms with E-state index in [0.29, 0.717) is 22.3 Å². The lowest BCUT2D eigenvalue weighted by Crippen LogP contribution is -2.27. The summed E-state index contributed by atoms with van der Waals surface area (Å²) < 4.78 is 15.9. The molecule has 4 rings (SSSR count). The van der Waals surface area contributed by atoms with Crippen LogP contribution in [-0.2, 0) is 11.3 Å². The fourth-order valence-electron chi connectivity index (χ4n) is 3.24. The molecule has 0 spiro atoms. The van der Waals surface area contributed by atoms with Crippen molar-refractivity contribution >= 4 is 51.2 Å². The van der Waals surface area contributed by atoms with Crippen molar-refractivity contribution in [1.82, 2.24) is 9.47 Å². The van der Waals surface area contributed by atoms with Gasteiger partial charge in [-0.3, -0.25) is 9.69 Å². The molecule has 6 heteroatoms. The number of benzene rings is 2. The summed E-state index contributed by atoms with van der Waals surface area (Å²) in [6.45, 7) is 4.71. The van der Waals surface area contributed by atoms with Crippen molar-refractivity contribution < 1.29 is 9.18 Å². The zero-order valence-corrected chi connectivity index (χ0v) is 16.6. The molecular weight excluding hydrogens is 391 g/mol. The highest BCUT2D eigenvalue weighted by molar-refractivity contribution is 8.26. The average Bonchev–Trinajstić information content (AvgIpc) is 3.17. The van der Waals surface area contributed by atoms with Gasteiger partial charge in [-0.15, -0.1) is 6.58 Å². The molecule has 3 nitrogen and oxygen atoms in total. The fourth-order valence-corrected chi connectivity index (χ4v) is 4.50. The van der Waals surface area contributed by atoms with Crippen LogP contribution in [0.1, 0.15) is 11.1 Å². The molecular formula is C22H17FN2OS2. The van der Waals surface area contributed by atoms with Crippen LogP contribution in [0.25, 0.3) is 17.0 Å². The second kappa shape index (κ2) is 7.73. The van der Waals surface area contributed by atoms with Crippen LogP contribution in [0.2, 0.25) is 0 Å². The quantitative estimate of drug-likeness (QED) is 0.329. The average molecular weight is 409 g/mol. The van der Waals surface area contributed by atoms with Gasteiger partial charge in [0.15, 0.2) is 0 Å². The summed E-state index contributed by atoms with van der Waals surface area (Å²) in [5.74, 6) is -0.339. The van der Waals surface area contributed by atoms with E-state index in [2.05, 4.69) is 11.1 Å². The molecule has 0 saturated carbocycles. The lowest BCUT2D eigenvalue weighted by molar-refractivity contribution is -0.121. The van der Waals surface area contributed by atoms with Crippen LogP contribution in [0.4, 0.5) is 4.39 Å². The van der Waals surface area contributed by atoms with Gasteiger partial charge in [-0.25, -0.2) is 4.39 Å². The number of nitrogens with zero attached hydrogens (tertiary/aromatic N) is 2. The van der Waals surface area contributed by atoms with E-state index in [0.717, 1.165) is 22.0 Å². The van der Waals surface area contributed by atoms with E-state index in [9.17, 15) is 9.18 Å². The molecule has 0 unspecified atom stereocenters. The highest BCUT2D eigenvalue weighted by atomic mass is 32.2. The number of rotatable bonds is 5. The Morgan fingerprint density at radius 3 is 2.64 bits per heavy atom. The number of hydrogen-bond donors (Lipinski definition) is 0. The van der Waals surface area contributed by atoms with Crippen LogP contribution in [-0.4, -0.2) is 26.2 Å². The summed E-state index contributed by atoms with van der Waals surface area (Å²) in [5.41, 5.74) is 3.02. The molecule has 0 radical (unpaired) electrons. The van der Waals surface area contributed by atoms with Crippen LogP contribution >= 0.6 is 24.0 Å². The lowest BCUT2D eigenvalue weighted by Gasteiger charge is -2.10. The Balaban J connectivity index is 1.72. The van der Waals surface area contributed by atoms with Crippen molar-refractivity contribution in [3.8, 4) is 0 Å². The predicted molar refractivity (Wildman–Crippen MR) is 118 cm³/mol. The molecule has 1 aliphatic rings. The fraction of sp³-hybridized carbons (Fsp3) is 0.0909. The topological polar surface area (TPSA) is 25.2 Å². The summed E-state index contributed by atoms with van der Waals surface area (Å²) in [6.07, 6.45) is 5.59. The van der Waals surface area contributed by atoms with Crippen molar-refractivity contribution in [3.63, 3.8) is 0 Å². The van der Waals surface area contributed by atoms with Gasteiger partial charge in [0.1, 0.15) is 10.1 Å². The summed E-state index contributed by atoms with van der Waals surface area (Å²) in [5, 5.41) is 1.05. The third-order valence-corrected chi connectivity index (χ3v) is 5.94. The van der Waals surface area contributed by atoms with E-state index >= 15 is 0 Å². The minimum absolute atomic E-state index is 0.0923. The molecule has 0 N–H and O–H groups in total. The lowest BCUT2D eigenvalue weighted by atomic mass is 10.1. The number of fused-ring (bicyclic) bond motifs is 1. The molecule has 28 heavy (non-hydrogen) atoms. The Kier molecular flexibility index (Phi) is 5.15. The summed E-state index contributed by atoms with van der Waals surface area (Å²) in [4.78, 5) is 14.8. The highest BCUT2D eigenvalue weighted by Crippen LogP contribution is 2.34. The molecule has 1 aliphatic heterocycles. The number of para-hydroxylation sites is 1.